The standard InChI is InChI=1S/C39H31N3S/c1-4-33(28-15-7-5-8-16-28)40-38(29-17-9-6-10-18-29)26(2)27(3)42-35-21-13-11-19-31(35)32-24-23-30(25-36(32)42)39-41-34-20-12-14-22-37(34)43-39/h5-25H,3-4H2,1-2H3/b38-26-,40-33?. The van der Waals surface area contributed by atoms with E-state index in [0.717, 1.165) is 67.3 Å². The third-order valence-electron chi connectivity index (χ3n) is 8.01. The van der Waals surface area contributed by atoms with Gasteiger partial charge in [-0.1, -0.05) is 117 Å². The number of benzene rings is 5. The maximum Gasteiger partial charge on any atom is 0.124 e. The quantitative estimate of drug-likeness (QED) is 0.138. The Morgan fingerprint density at radius 1 is 0.744 bits per heavy atom. The first kappa shape index (κ1) is 26.8. The third-order valence-corrected chi connectivity index (χ3v) is 9.09. The van der Waals surface area contributed by atoms with Crippen molar-refractivity contribution in [3.63, 3.8) is 0 Å². The Balaban J connectivity index is 1.45. The molecule has 0 aliphatic heterocycles. The Labute approximate surface area is 255 Å². The fraction of sp³-hybridized carbons (Fsp3) is 0.0769. The van der Waals surface area contributed by atoms with Crippen molar-refractivity contribution in [3.8, 4) is 10.6 Å². The first-order valence-electron chi connectivity index (χ1n) is 14.6. The maximum atomic E-state index is 5.33. The van der Waals surface area contributed by atoms with Gasteiger partial charge in [-0.2, -0.15) is 0 Å². The van der Waals surface area contributed by atoms with Gasteiger partial charge in [0.2, 0.25) is 0 Å². The van der Waals surface area contributed by atoms with Gasteiger partial charge in [-0.05, 0) is 48.7 Å². The van der Waals surface area contributed by atoms with Crippen LogP contribution < -0.4 is 0 Å². The summed E-state index contributed by atoms with van der Waals surface area (Å²) in [5, 5.41) is 3.41. The Morgan fingerprint density at radius 3 is 2.14 bits per heavy atom. The van der Waals surface area contributed by atoms with Gasteiger partial charge in [0.05, 0.1) is 26.9 Å². The van der Waals surface area contributed by atoms with Crippen LogP contribution in [0.3, 0.4) is 0 Å². The highest BCUT2D eigenvalue weighted by Gasteiger charge is 2.18. The summed E-state index contributed by atoms with van der Waals surface area (Å²) >= 11 is 1.73. The number of para-hydroxylation sites is 2. The average molecular weight is 574 g/mol. The zero-order valence-corrected chi connectivity index (χ0v) is 25.1. The molecule has 7 aromatic rings. The summed E-state index contributed by atoms with van der Waals surface area (Å²) in [5.74, 6) is 0. The van der Waals surface area contributed by atoms with E-state index in [1.165, 1.54) is 15.5 Å². The number of aromatic nitrogens is 2. The summed E-state index contributed by atoms with van der Waals surface area (Å²) in [6, 6.07) is 44.5. The van der Waals surface area contributed by atoms with Crippen LogP contribution in [0.4, 0.5) is 0 Å². The zero-order valence-electron chi connectivity index (χ0n) is 24.3. The van der Waals surface area contributed by atoms with E-state index in [0.29, 0.717) is 0 Å². The van der Waals surface area contributed by atoms with Gasteiger partial charge in [0.1, 0.15) is 5.01 Å². The Hall–Kier alpha value is -5.06. The SMILES string of the molecule is C=C(/C(C)=C(\N=C(CC)c1ccccc1)c1ccccc1)n1c2ccccc2c2ccc(-c3nc4ccccc4s3)cc21. The Bertz CT molecular complexity index is 2150. The number of fused-ring (bicyclic) bond motifs is 4. The minimum Gasteiger partial charge on any atom is -0.309 e. The van der Waals surface area contributed by atoms with E-state index in [1.807, 2.05) is 18.2 Å². The van der Waals surface area contributed by atoms with E-state index < -0.39 is 0 Å². The van der Waals surface area contributed by atoms with Crippen LogP contribution >= 0.6 is 11.3 Å². The van der Waals surface area contributed by atoms with Crippen molar-refractivity contribution in [2.24, 2.45) is 4.99 Å². The van der Waals surface area contributed by atoms with Crippen LogP contribution in [0, 0.1) is 0 Å². The van der Waals surface area contributed by atoms with Crippen LogP contribution in [-0.2, 0) is 0 Å². The lowest BCUT2D eigenvalue weighted by atomic mass is 10.0. The van der Waals surface area contributed by atoms with E-state index >= 15 is 0 Å². The van der Waals surface area contributed by atoms with Crippen LogP contribution in [-0.4, -0.2) is 15.3 Å². The molecule has 4 heteroatoms. The van der Waals surface area contributed by atoms with Gasteiger partial charge >= 0.3 is 0 Å². The molecule has 0 atom stereocenters. The van der Waals surface area contributed by atoms with Gasteiger partial charge in [0.25, 0.3) is 0 Å². The summed E-state index contributed by atoms with van der Waals surface area (Å²) in [5.41, 5.74) is 10.5. The number of allylic oxidation sites excluding steroid dienone is 2. The molecule has 0 radical (unpaired) electrons. The van der Waals surface area contributed by atoms with Crippen LogP contribution in [0.25, 0.3) is 54.0 Å². The van der Waals surface area contributed by atoms with Gasteiger partial charge in [-0.15, -0.1) is 11.3 Å². The zero-order chi connectivity index (χ0) is 29.3. The lowest BCUT2D eigenvalue weighted by molar-refractivity contribution is 1.20. The molecule has 0 aliphatic rings. The number of nitrogens with zero attached hydrogens (tertiary/aromatic N) is 3. The lowest BCUT2D eigenvalue weighted by Crippen LogP contribution is -2.03. The summed E-state index contributed by atoms with van der Waals surface area (Å²) < 4.78 is 3.49. The highest BCUT2D eigenvalue weighted by Crippen LogP contribution is 2.39. The predicted molar refractivity (Wildman–Crippen MR) is 186 cm³/mol. The smallest absolute Gasteiger partial charge is 0.124 e. The number of hydrogen-bond donors (Lipinski definition) is 0. The minimum atomic E-state index is 0.820. The Kier molecular flexibility index (Phi) is 7.06. The van der Waals surface area contributed by atoms with E-state index in [2.05, 4.69) is 128 Å². The van der Waals surface area contributed by atoms with Crippen LogP contribution in [0.1, 0.15) is 31.4 Å². The van der Waals surface area contributed by atoms with Crippen molar-refractivity contribution in [2.75, 3.05) is 0 Å². The maximum absolute atomic E-state index is 5.33. The van der Waals surface area contributed by atoms with Crippen molar-refractivity contribution in [1.82, 2.24) is 9.55 Å². The molecule has 3 nitrogen and oxygen atoms in total. The summed E-state index contributed by atoms with van der Waals surface area (Å²) in [6.45, 7) is 9.01. The summed E-state index contributed by atoms with van der Waals surface area (Å²) in [4.78, 5) is 10.3. The average Bonchev–Trinajstić information content (AvgIpc) is 3.65. The Morgan fingerprint density at radius 2 is 1.40 bits per heavy atom. The molecular weight excluding hydrogens is 543 g/mol. The van der Waals surface area contributed by atoms with E-state index in [-0.39, 0.29) is 0 Å². The van der Waals surface area contributed by atoms with E-state index in [1.54, 1.807) is 11.3 Å². The highest BCUT2D eigenvalue weighted by atomic mass is 32.1. The molecule has 0 fully saturated rings. The molecule has 5 aromatic carbocycles. The molecule has 208 valence electrons. The molecule has 0 saturated heterocycles. The molecule has 0 saturated carbocycles. The van der Waals surface area contributed by atoms with E-state index in [9.17, 15) is 0 Å². The minimum absolute atomic E-state index is 0.820. The van der Waals surface area contributed by atoms with Gasteiger partial charge in [0, 0.05) is 33.3 Å². The first-order chi connectivity index (χ1) is 21.1. The third kappa shape index (κ3) is 4.90. The number of rotatable bonds is 7. The van der Waals surface area contributed by atoms with Crippen LogP contribution in [0.2, 0.25) is 0 Å². The summed E-state index contributed by atoms with van der Waals surface area (Å²) in [7, 11) is 0. The predicted octanol–water partition coefficient (Wildman–Crippen LogP) is 10.9. The lowest BCUT2D eigenvalue weighted by Gasteiger charge is -2.17. The normalized spacial score (nSPS) is 12.7. The molecule has 2 aromatic heterocycles. The first-order valence-corrected chi connectivity index (χ1v) is 15.4. The van der Waals surface area contributed by atoms with Crippen molar-refractivity contribution >= 4 is 60.5 Å². The molecule has 0 N–H and O–H groups in total. The molecule has 7 rings (SSSR count). The molecule has 0 amide bonds. The molecule has 0 aliphatic carbocycles. The second-order valence-corrected chi connectivity index (χ2v) is 11.7. The molecule has 0 spiro atoms. The number of hydrogen-bond acceptors (Lipinski definition) is 3. The largest absolute Gasteiger partial charge is 0.309 e. The van der Waals surface area contributed by atoms with Crippen molar-refractivity contribution < 1.29 is 0 Å². The van der Waals surface area contributed by atoms with Gasteiger partial charge in [-0.25, -0.2) is 4.98 Å². The molecule has 0 bridgehead atoms. The summed E-state index contributed by atoms with van der Waals surface area (Å²) in [6.07, 6.45) is 0.820. The highest BCUT2D eigenvalue weighted by molar-refractivity contribution is 7.21. The number of aliphatic imine (C=N–C) groups is 1. The van der Waals surface area contributed by atoms with Crippen LogP contribution in [0.5, 0.6) is 0 Å². The molecule has 43 heavy (non-hydrogen) atoms. The van der Waals surface area contributed by atoms with Crippen molar-refractivity contribution in [1.29, 1.82) is 0 Å². The fourth-order valence-corrected chi connectivity index (χ4v) is 6.73. The topological polar surface area (TPSA) is 30.2 Å². The van der Waals surface area contributed by atoms with Gasteiger partial charge in [-0.3, -0.25) is 4.99 Å². The fourth-order valence-electron chi connectivity index (χ4n) is 5.77. The van der Waals surface area contributed by atoms with Crippen LogP contribution in [0.15, 0.2) is 145 Å². The van der Waals surface area contributed by atoms with Crippen molar-refractivity contribution in [3.05, 3.63) is 151 Å². The number of thiazole rings is 1. The second kappa shape index (κ2) is 11.3. The second-order valence-electron chi connectivity index (χ2n) is 10.6. The van der Waals surface area contributed by atoms with Gasteiger partial charge < -0.3 is 4.57 Å². The monoisotopic (exact) mass is 573 g/mol. The van der Waals surface area contributed by atoms with E-state index in [4.69, 9.17) is 16.6 Å². The molecular formula is C39H31N3S. The van der Waals surface area contributed by atoms with Gasteiger partial charge in [0.15, 0.2) is 0 Å². The van der Waals surface area contributed by atoms with Crippen molar-refractivity contribution in [2.45, 2.75) is 20.3 Å². The molecule has 2 heterocycles. The molecule has 0 unspecified atom stereocenters.